The monoisotopic (exact) mass is 280 g/mol. The zero-order valence-corrected chi connectivity index (χ0v) is 12.4. The van der Waals surface area contributed by atoms with Gasteiger partial charge in [0.2, 0.25) is 5.91 Å². The molecule has 0 aromatic heterocycles. The van der Waals surface area contributed by atoms with Crippen LogP contribution >= 0.6 is 0 Å². The molecule has 0 aliphatic carbocycles. The molecule has 0 aliphatic rings. The molecule has 0 heterocycles. The van der Waals surface area contributed by atoms with Crippen LogP contribution in [0.1, 0.15) is 32.3 Å². The van der Waals surface area contributed by atoms with Crippen LogP contribution in [0.15, 0.2) is 18.2 Å². The standard InChI is InChI=1S/C15H24N2O3/c1-4-20-14-7-6-13(9-12(14)10-16)17-15(18)8-5-11(2)19-3/h6-7,9,11H,4-5,8,10,16H2,1-3H3,(H,17,18). The number of hydrogen-bond acceptors (Lipinski definition) is 4. The van der Waals surface area contributed by atoms with Crippen LogP contribution in [0.4, 0.5) is 5.69 Å². The lowest BCUT2D eigenvalue weighted by Gasteiger charge is -2.12. The van der Waals surface area contributed by atoms with E-state index in [1.54, 1.807) is 7.11 Å². The maximum atomic E-state index is 11.8. The van der Waals surface area contributed by atoms with Crippen molar-refractivity contribution in [3.05, 3.63) is 23.8 Å². The SMILES string of the molecule is CCOc1ccc(NC(=O)CCC(C)OC)cc1CN. The van der Waals surface area contributed by atoms with Crippen molar-refractivity contribution < 1.29 is 14.3 Å². The number of amides is 1. The molecule has 1 aromatic carbocycles. The van der Waals surface area contributed by atoms with Crippen molar-refractivity contribution in [3.8, 4) is 5.75 Å². The molecule has 20 heavy (non-hydrogen) atoms. The molecule has 3 N–H and O–H groups in total. The number of carbonyl (C=O) groups excluding carboxylic acids is 1. The summed E-state index contributed by atoms with van der Waals surface area (Å²) in [7, 11) is 1.64. The molecule has 0 aliphatic heterocycles. The van der Waals surface area contributed by atoms with Crippen molar-refractivity contribution in [2.75, 3.05) is 19.0 Å². The van der Waals surface area contributed by atoms with E-state index in [1.165, 1.54) is 0 Å². The van der Waals surface area contributed by atoms with Crippen LogP contribution in [-0.2, 0) is 16.1 Å². The zero-order chi connectivity index (χ0) is 15.0. The van der Waals surface area contributed by atoms with Gasteiger partial charge in [-0.05, 0) is 38.5 Å². The van der Waals surface area contributed by atoms with Gasteiger partial charge in [-0.1, -0.05) is 0 Å². The smallest absolute Gasteiger partial charge is 0.224 e. The van der Waals surface area contributed by atoms with Gasteiger partial charge < -0.3 is 20.5 Å². The number of nitrogens with one attached hydrogen (secondary N) is 1. The lowest BCUT2D eigenvalue weighted by Crippen LogP contribution is -2.15. The van der Waals surface area contributed by atoms with Crippen LogP contribution < -0.4 is 15.8 Å². The molecule has 0 saturated carbocycles. The molecule has 1 unspecified atom stereocenters. The van der Waals surface area contributed by atoms with E-state index in [9.17, 15) is 4.79 Å². The fraction of sp³-hybridized carbons (Fsp3) is 0.533. The predicted molar refractivity (Wildman–Crippen MR) is 79.8 cm³/mol. The highest BCUT2D eigenvalue weighted by Gasteiger charge is 2.08. The van der Waals surface area contributed by atoms with Gasteiger partial charge in [-0.15, -0.1) is 0 Å². The van der Waals surface area contributed by atoms with E-state index in [1.807, 2.05) is 32.0 Å². The van der Waals surface area contributed by atoms with Crippen LogP contribution in [0.2, 0.25) is 0 Å². The second-order valence-electron chi connectivity index (χ2n) is 4.59. The molecule has 0 saturated heterocycles. The Balaban J connectivity index is 2.61. The minimum absolute atomic E-state index is 0.0268. The van der Waals surface area contributed by atoms with Gasteiger partial charge in [0.1, 0.15) is 5.75 Å². The van der Waals surface area contributed by atoms with E-state index < -0.39 is 0 Å². The predicted octanol–water partition coefficient (Wildman–Crippen LogP) is 2.30. The van der Waals surface area contributed by atoms with Crippen LogP contribution in [0.5, 0.6) is 5.75 Å². The molecule has 0 radical (unpaired) electrons. The number of rotatable bonds is 8. The Bertz CT molecular complexity index is 435. The zero-order valence-electron chi connectivity index (χ0n) is 12.4. The quantitative estimate of drug-likeness (QED) is 0.766. The van der Waals surface area contributed by atoms with Crippen LogP contribution in [0, 0.1) is 0 Å². The number of hydrogen-bond donors (Lipinski definition) is 2. The third-order valence-electron chi connectivity index (χ3n) is 3.04. The van der Waals surface area contributed by atoms with E-state index in [4.69, 9.17) is 15.2 Å². The number of methoxy groups -OCH3 is 1. The normalized spacial score (nSPS) is 12.0. The second kappa shape index (κ2) is 8.55. The molecule has 1 rings (SSSR count). The number of anilines is 1. The average Bonchev–Trinajstić information content (AvgIpc) is 2.46. The highest BCUT2D eigenvalue weighted by atomic mass is 16.5. The Morgan fingerprint density at radius 3 is 2.80 bits per heavy atom. The highest BCUT2D eigenvalue weighted by Crippen LogP contribution is 2.22. The Morgan fingerprint density at radius 1 is 1.45 bits per heavy atom. The van der Waals surface area contributed by atoms with Crippen molar-refractivity contribution in [1.29, 1.82) is 0 Å². The summed E-state index contributed by atoms with van der Waals surface area (Å²) in [5, 5.41) is 2.86. The molecule has 5 heteroatoms. The molecule has 0 fully saturated rings. The van der Waals surface area contributed by atoms with Gasteiger partial charge in [0.25, 0.3) is 0 Å². The van der Waals surface area contributed by atoms with Gasteiger partial charge in [-0.25, -0.2) is 0 Å². The molecule has 0 spiro atoms. The second-order valence-corrected chi connectivity index (χ2v) is 4.59. The first kappa shape index (κ1) is 16.5. The molecular weight excluding hydrogens is 256 g/mol. The molecule has 1 amide bonds. The van der Waals surface area contributed by atoms with Gasteiger partial charge in [0.05, 0.1) is 12.7 Å². The third kappa shape index (κ3) is 5.19. The van der Waals surface area contributed by atoms with Crippen molar-refractivity contribution in [3.63, 3.8) is 0 Å². The van der Waals surface area contributed by atoms with Crippen LogP contribution in [0.3, 0.4) is 0 Å². The first-order valence-corrected chi connectivity index (χ1v) is 6.89. The summed E-state index contributed by atoms with van der Waals surface area (Å²) < 4.78 is 10.6. The minimum atomic E-state index is -0.0268. The van der Waals surface area contributed by atoms with Crippen LogP contribution in [0.25, 0.3) is 0 Å². The molecule has 112 valence electrons. The Kier molecular flexibility index (Phi) is 7.04. The van der Waals surface area contributed by atoms with Crippen molar-refractivity contribution >= 4 is 11.6 Å². The van der Waals surface area contributed by atoms with Crippen molar-refractivity contribution in [2.24, 2.45) is 5.73 Å². The topological polar surface area (TPSA) is 73.6 Å². The fourth-order valence-electron chi connectivity index (χ4n) is 1.79. The van der Waals surface area contributed by atoms with Gasteiger partial charge >= 0.3 is 0 Å². The fourth-order valence-corrected chi connectivity index (χ4v) is 1.79. The number of nitrogens with two attached hydrogens (primary N) is 1. The Labute approximate surface area is 120 Å². The van der Waals surface area contributed by atoms with E-state index >= 15 is 0 Å². The highest BCUT2D eigenvalue weighted by molar-refractivity contribution is 5.90. The van der Waals surface area contributed by atoms with Gasteiger partial charge in [-0.3, -0.25) is 4.79 Å². The Hall–Kier alpha value is -1.59. The minimum Gasteiger partial charge on any atom is -0.494 e. The van der Waals surface area contributed by atoms with E-state index in [0.717, 1.165) is 17.0 Å². The van der Waals surface area contributed by atoms with Crippen LogP contribution in [-0.4, -0.2) is 25.7 Å². The number of carbonyl (C=O) groups is 1. The van der Waals surface area contributed by atoms with Gasteiger partial charge in [0, 0.05) is 31.3 Å². The molecule has 1 atom stereocenters. The maximum absolute atomic E-state index is 11.8. The van der Waals surface area contributed by atoms with Gasteiger partial charge in [-0.2, -0.15) is 0 Å². The van der Waals surface area contributed by atoms with E-state index in [-0.39, 0.29) is 12.0 Å². The summed E-state index contributed by atoms with van der Waals surface area (Å²) in [6.45, 7) is 4.83. The van der Waals surface area contributed by atoms with E-state index in [0.29, 0.717) is 26.0 Å². The summed E-state index contributed by atoms with van der Waals surface area (Å²) in [5.41, 5.74) is 7.31. The maximum Gasteiger partial charge on any atom is 0.224 e. The summed E-state index contributed by atoms with van der Waals surface area (Å²) in [4.78, 5) is 11.8. The largest absolute Gasteiger partial charge is 0.494 e. The van der Waals surface area contributed by atoms with E-state index in [2.05, 4.69) is 5.32 Å². The molecule has 0 bridgehead atoms. The summed E-state index contributed by atoms with van der Waals surface area (Å²) in [5.74, 6) is 0.738. The summed E-state index contributed by atoms with van der Waals surface area (Å²) in [6.07, 6.45) is 1.21. The Morgan fingerprint density at radius 2 is 2.20 bits per heavy atom. The summed E-state index contributed by atoms with van der Waals surface area (Å²) in [6, 6.07) is 5.50. The third-order valence-corrected chi connectivity index (χ3v) is 3.04. The summed E-state index contributed by atoms with van der Waals surface area (Å²) >= 11 is 0. The first-order valence-electron chi connectivity index (χ1n) is 6.89. The number of benzene rings is 1. The van der Waals surface area contributed by atoms with Crippen molar-refractivity contribution in [2.45, 2.75) is 39.3 Å². The van der Waals surface area contributed by atoms with Crippen molar-refractivity contribution in [1.82, 2.24) is 0 Å². The lowest BCUT2D eigenvalue weighted by atomic mass is 10.1. The lowest BCUT2D eigenvalue weighted by molar-refractivity contribution is -0.116. The molecule has 5 nitrogen and oxygen atoms in total. The van der Waals surface area contributed by atoms with Gasteiger partial charge in [0.15, 0.2) is 0 Å². The number of ether oxygens (including phenoxy) is 2. The average molecular weight is 280 g/mol. The molecular formula is C15H24N2O3. The molecule has 1 aromatic rings. The first-order chi connectivity index (χ1) is 9.60.